The van der Waals surface area contributed by atoms with Gasteiger partial charge < -0.3 is 9.47 Å². The zero-order valence-electron chi connectivity index (χ0n) is 15.5. The van der Waals surface area contributed by atoms with Gasteiger partial charge in [0.1, 0.15) is 11.5 Å². The van der Waals surface area contributed by atoms with Crippen molar-refractivity contribution >= 4 is 16.8 Å². The third-order valence-corrected chi connectivity index (χ3v) is 4.05. The van der Waals surface area contributed by atoms with E-state index in [1.165, 1.54) is 0 Å². The lowest BCUT2D eigenvalue weighted by molar-refractivity contribution is -0.118. The van der Waals surface area contributed by atoms with Crippen molar-refractivity contribution in [1.82, 2.24) is 0 Å². The first-order valence-corrected chi connectivity index (χ1v) is 8.38. The molecule has 0 aromatic heterocycles. The molecule has 0 fully saturated rings. The van der Waals surface area contributed by atoms with Gasteiger partial charge in [-0.1, -0.05) is 48.5 Å². The highest BCUT2D eigenvalue weighted by Crippen LogP contribution is 2.41. The van der Waals surface area contributed by atoms with E-state index in [4.69, 9.17) is 21.1 Å². The van der Waals surface area contributed by atoms with Crippen molar-refractivity contribution in [3.8, 4) is 11.5 Å². The smallest absolute Gasteiger partial charge is 0.262 e. The topological polar surface area (TPSA) is 35.5 Å². The summed E-state index contributed by atoms with van der Waals surface area (Å²) >= 11 is 5.66. The molecule has 1 rings (SSSR count). The Morgan fingerprint density at radius 1 is 1.04 bits per heavy atom. The van der Waals surface area contributed by atoms with Crippen molar-refractivity contribution < 1.29 is 14.3 Å². The molecule has 0 radical (unpaired) electrons. The van der Waals surface area contributed by atoms with Crippen LogP contribution < -0.4 is 9.47 Å². The van der Waals surface area contributed by atoms with E-state index < -0.39 is 11.3 Å². The Labute approximate surface area is 145 Å². The maximum atomic E-state index is 11.6. The highest BCUT2D eigenvalue weighted by molar-refractivity contribution is 6.64. The van der Waals surface area contributed by atoms with Gasteiger partial charge >= 0.3 is 0 Å². The predicted octanol–water partition coefficient (Wildman–Crippen LogP) is 5.21. The fourth-order valence-electron chi connectivity index (χ4n) is 2.44. The van der Waals surface area contributed by atoms with E-state index in [1.807, 2.05) is 19.1 Å². The van der Waals surface area contributed by atoms with Crippen molar-refractivity contribution in [2.75, 3.05) is 7.11 Å². The van der Waals surface area contributed by atoms with Crippen LogP contribution in [0.5, 0.6) is 11.5 Å². The van der Waals surface area contributed by atoms with Gasteiger partial charge in [0.25, 0.3) is 5.24 Å². The lowest BCUT2D eigenvalue weighted by Gasteiger charge is -2.29. The summed E-state index contributed by atoms with van der Waals surface area (Å²) in [5.41, 5.74) is 1.79. The molecule has 0 bridgehead atoms. The van der Waals surface area contributed by atoms with Crippen LogP contribution in [0.2, 0.25) is 0 Å². The molecule has 0 aliphatic rings. The average Bonchev–Trinajstić information content (AvgIpc) is 2.41. The molecule has 1 unspecified atom stereocenters. The van der Waals surface area contributed by atoms with Crippen molar-refractivity contribution in [3.63, 3.8) is 0 Å². The first-order valence-electron chi connectivity index (χ1n) is 8.00. The number of hydrogen-bond acceptors (Lipinski definition) is 3. The number of carbonyl (C=O) groups is 1. The van der Waals surface area contributed by atoms with Gasteiger partial charge in [-0.25, -0.2) is 0 Å². The van der Waals surface area contributed by atoms with E-state index in [0.29, 0.717) is 12.2 Å². The van der Waals surface area contributed by atoms with Gasteiger partial charge in [-0.2, -0.15) is 0 Å². The summed E-state index contributed by atoms with van der Waals surface area (Å²) in [4.78, 5) is 11.6. The molecule has 0 aliphatic carbocycles. The molecule has 4 heteroatoms. The van der Waals surface area contributed by atoms with Crippen LogP contribution in [0.25, 0.3) is 0 Å². The second-order valence-electron chi connectivity index (χ2n) is 7.87. The third-order valence-electron chi connectivity index (χ3n) is 3.81. The summed E-state index contributed by atoms with van der Waals surface area (Å²) in [7, 11) is 1.68. The van der Waals surface area contributed by atoms with Crippen LogP contribution in [0.4, 0.5) is 0 Å². The summed E-state index contributed by atoms with van der Waals surface area (Å²) in [6.07, 6.45) is -0.109. The van der Waals surface area contributed by atoms with Crippen LogP contribution in [0, 0.1) is 0 Å². The molecule has 0 saturated carbocycles. The normalized spacial score (nSPS) is 13.6. The molecule has 1 atom stereocenters. The van der Waals surface area contributed by atoms with Gasteiger partial charge in [0.15, 0.2) is 6.10 Å². The summed E-state index contributed by atoms with van der Waals surface area (Å²) in [6, 6.07) is 4.00. The number of halogens is 1. The minimum Gasteiger partial charge on any atom is -0.496 e. The van der Waals surface area contributed by atoms with Gasteiger partial charge in [0.05, 0.1) is 7.11 Å². The zero-order valence-corrected chi connectivity index (χ0v) is 16.3. The fraction of sp³-hybridized carbons (Fsp3) is 0.632. The standard InChI is InChI=1S/C19H29ClO3/c1-9-14(17(20)21)23-16-11-12(18(2,3)4)15(22-8)10-13(16)19(5,6)7/h10-11,14H,9H2,1-8H3. The highest BCUT2D eigenvalue weighted by atomic mass is 35.5. The Hall–Kier alpha value is -1.22. The second kappa shape index (κ2) is 7.12. The Bertz CT molecular complexity index is 565. The van der Waals surface area contributed by atoms with Crippen LogP contribution >= 0.6 is 11.6 Å². The van der Waals surface area contributed by atoms with E-state index in [2.05, 4.69) is 41.5 Å². The Morgan fingerprint density at radius 3 is 1.83 bits per heavy atom. The molecule has 1 aromatic carbocycles. The van der Waals surface area contributed by atoms with Gasteiger partial charge in [-0.15, -0.1) is 0 Å². The maximum absolute atomic E-state index is 11.6. The van der Waals surface area contributed by atoms with Crippen LogP contribution in [-0.2, 0) is 15.6 Å². The van der Waals surface area contributed by atoms with Crippen LogP contribution in [0.15, 0.2) is 12.1 Å². The Balaban J connectivity index is 3.54. The molecule has 130 valence electrons. The summed E-state index contributed by atoms with van der Waals surface area (Å²) in [5.74, 6) is 1.53. The predicted molar refractivity (Wildman–Crippen MR) is 96.0 cm³/mol. The Morgan fingerprint density at radius 2 is 1.48 bits per heavy atom. The first kappa shape index (κ1) is 19.8. The molecular weight excluding hydrogens is 312 g/mol. The van der Waals surface area contributed by atoms with Crippen molar-refractivity contribution in [2.45, 2.75) is 71.8 Å². The quantitative estimate of drug-likeness (QED) is 0.690. The average molecular weight is 341 g/mol. The largest absolute Gasteiger partial charge is 0.496 e. The Kier molecular flexibility index (Phi) is 6.14. The molecular formula is C19H29ClO3. The van der Waals surface area contributed by atoms with E-state index in [9.17, 15) is 4.79 Å². The second-order valence-corrected chi connectivity index (χ2v) is 8.24. The maximum Gasteiger partial charge on any atom is 0.262 e. The van der Waals surface area contributed by atoms with Crippen molar-refractivity contribution in [3.05, 3.63) is 23.3 Å². The minimum absolute atomic E-state index is 0.105. The summed E-state index contributed by atoms with van der Waals surface area (Å²) in [5, 5.41) is -0.472. The van der Waals surface area contributed by atoms with E-state index in [0.717, 1.165) is 16.9 Å². The monoisotopic (exact) mass is 340 g/mol. The number of carbonyl (C=O) groups excluding carboxylic acids is 1. The number of rotatable bonds is 5. The number of methoxy groups -OCH3 is 1. The SMILES string of the molecule is CCC(Oc1cc(C(C)(C)C)c(OC)cc1C(C)(C)C)C(=O)Cl. The van der Waals surface area contributed by atoms with Crippen LogP contribution in [0.1, 0.15) is 66.0 Å². The third kappa shape index (κ3) is 4.87. The van der Waals surface area contributed by atoms with Crippen molar-refractivity contribution in [1.29, 1.82) is 0 Å². The van der Waals surface area contributed by atoms with Crippen molar-refractivity contribution in [2.24, 2.45) is 0 Å². The first-order chi connectivity index (χ1) is 10.4. The zero-order chi connectivity index (χ0) is 18.0. The van der Waals surface area contributed by atoms with Gasteiger partial charge in [-0.05, 0) is 41.0 Å². The molecule has 0 aliphatic heterocycles. The molecule has 0 spiro atoms. The van der Waals surface area contributed by atoms with E-state index in [1.54, 1.807) is 7.11 Å². The van der Waals surface area contributed by atoms with Gasteiger partial charge in [-0.3, -0.25) is 4.79 Å². The summed E-state index contributed by atoms with van der Waals surface area (Å²) in [6.45, 7) is 14.6. The lowest BCUT2D eigenvalue weighted by Crippen LogP contribution is -2.25. The number of hydrogen-bond donors (Lipinski definition) is 0. The molecule has 0 N–H and O–H groups in total. The molecule has 23 heavy (non-hydrogen) atoms. The molecule has 0 heterocycles. The molecule has 3 nitrogen and oxygen atoms in total. The highest BCUT2D eigenvalue weighted by Gasteiger charge is 2.28. The minimum atomic E-state index is -0.640. The number of ether oxygens (including phenoxy) is 2. The van der Waals surface area contributed by atoms with Gasteiger partial charge in [0.2, 0.25) is 0 Å². The molecule has 1 aromatic rings. The van der Waals surface area contributed by atoms with Crippen LogP contribution in [0.3, 0.4) is 0 Å². The van der Waals surface area contributed by atoms with Gasteiger partial charge in [0, 0.05) is 11.1 Å². The van der Waals surface area contributed by atoms with E-state index >= 15 is 0 Å². The molecule has 0 saturated heterocycles. The van der Waals surface area contributed by atoms with E-state index in [-0.39, 0.29) is 10.8 Å². The fourth-order valence-corrected chi connectivity index (χ4v) is 2.64. The number of benzene rings is 1. The van der Waals surface area contributed by atoms with Crippen LogP contribution in [-0.4, -0.2) is 18.5 Å². The lowest BCUT2D eigenvalue weighted by atomic mass is 9.81. The summed E-state index contributed by atoms with van der Waals surface area (Å²) < 4.78 is 11.6. The molecule has 0 amide bonds.